The van der Waals surface area contributed by atoms with E-state index in [9.17, 15) is 4.79 Å². The van der Waals surface area contributed by atoms with E-state index >= 15 is 0 Å². The Bertz CT molecular complexity index is 734. The summed E-state index contributed by atoms with van der Waals surface area (Å²) in [4.78, 5) is 12.1. The summed E-state index contributed by atoms with van der Waals surface area (Å²) in [5, 5.41) is 14.8. The molecule has 21 heavy (non-hydrogen) atoms. The minimum absolute atomic E-state index is 0.0713. The Labute approximate surface area is 130 Å². The number of nitriles is 1. The molecule has 104 valence electrons. The first kappa shape index (κ1) is 13.7. The van der Waals surface area contributed by atoms with E-state index in [2.05, 4.69) is 32.6 Å². The van der Waals surface area contributed by atoms with Gasteiger partial charge < -0.3 is 10.6 Å². The summed E-state index contributed by atoms with van der Waals surface area (Å²) in [6.45, 7) is 0. The van der Waals surface area contributed by atoms with Crippen LogP contribution in [-0.2, 0) is 11.2 Å². The maximum Gasteiger partial charge on any atom is 0.251 e. The number of nitrogens with zero attached hydrogens (tertiary/aromatic N) is 1. The van der Waals surface area contributed by atoms with Crippen molar-refractivity contribution < 1.29 is 4.79 Å². The van der Waals surface area contributed by atoms with Crippen molar-refractivity contribution >= 4 is 33.2 Å². The van der Waals surface area contributed by atoms with Crippen LogP contribution in [-0.4, -0.2) is 5.91 Å². The van der Waals surface area contributed by atoms with Crippen molar-refractivity contribution in [3.8, 4) is 6.07 Å². The molecule has 0 saturated heterocycles. The number of anilines is 2. The first-order valence-electron chi connectivity index (χ1n) is 6.51. The Morgan fingerprint density at radius 3 is 2.71 bits per heavy atom. The first-order chi connectivity index (χ1) is 10.2. The number of halogens is 1. The summed E-state index contributed by atoms with van der Waals surface area (Å²) in [5.41, 5.74) is 3.55. The van der Waals surface area contributed by atoms with Gasteiger partial charge in [0.2, 0.25) is 0 Å². The monoisotopic (exact) mass is 341 g/mol. The van der Waals surface area contributed by atoms with Crippen LogP contribution in [0.15, 0.2) is 46.9 Å². The van der Waals surface area contributed by atoms with Gasteiger partial charge in [-0.05, 0) is 29.8 Å². The molecule has 0 aromatic heterocycles. The zero-order chi connectivity index (χ0) is 14.8. The normalized spacial score (nSPS) is 16.0. The van der Waals surface area contributed by atoms with Crippen molar-refractivity contribution in [2.24, 2.45) is 0 Å². The lowest BCUT2D eigenvalue weighted by molar-refractivity contribution is -0.116. The van der Waals surface area contributed by atoms with E-state index in [1.165, 1.54) is 0 Å². The number of nitrogens with one attached hydrogen (secondary N) is 2. The van der Waals surface area contributed by atoms with E-state index in [0.29, 0.717) is 6.42 Å². The molecule has 0 saturated carbocycles. The van der Waals surface area contributed by atoms with Crippen LogP contribution >= 0.6 is 15.9 Å². The van der Waals surface area contributed by atoms with Crippen LogP contribution in [0.3, 0.4) is 0 Å². The number of fused-ring (bicyclic) bond motifs is 1. The van der Waals surface area contributed by atoms with Gasteiger partial charge in [-0.1, -0.05) is 34.1 Å². The van der Waals surface area contributed by atoms with Crippen molar-refractivity contribution in [2.45, 2.75) is 12.5 Å². The quantitative estimate of drug-likeness (QED) is 0.895. The Hall–Kier alpha value is -2.32. The van der Waals surface area contributed by atoms with E-state index in [0.717, 1.165) is 27.0 Å². The van der Waals surface area contributed by atoms with Gasteiger partial charge in [0, 0.05) is 21.4 Å². The average molecular weight is 342 g/mol. The maximum atomic E-state index is 12.1. The van der Waals surface area contributed by atoms with Gasteiger partial charge in [-0.2, -0.15) is 5.26 Å². The van der Waals surface area contributed by atoms with Crippen LogP contribution in [0.5, 0.6) is 0 Å². The summed E-state index contributed by atoms with van der Waals surface area (Å²) in [6.07, 6.45) is 0.387. The number of hydrogen-bond acceptors (Lipinski definition) is 3. The molecule has 4 nitrogen and oxygen atoms in total. The molecule has 1 unspecified atom stereocenters. The number of rotatable bonds is 3. The van der Waals surface area contributed by atoms with Crippen molar-refractivity contribution in [3.05, 3.63) is 58.1 Å². The van der Waals surface area contributed by atoms with Crippen molar-refractivity contribution in [2.75, 3.05) is 10.6 Å². The first-order valence-corrected chi connectivity index (χ1v) is 7.30. The molecule has 0 aliphatic carbocycles. The van der Waals surface area contributed by atoms with Crippen molar-refractivity contribution in [1.29, 1.82) is 5.26 Å². The summed E-state index contributed by atoms with van der Waals surface area (Å²) in [6, 6.07) is 14.9. The highest BCUT2D eigenvalue weighted by Gasteiger charge is 2.32. The zero-order valence-electron chi connectivity index (χ0n) is 11.1. The fraction of sp³-hybridized carbons (Fsp3) is 0.125. The Morgan fingerprint density at radius 2 is 2.00 bits per heavy atom. The number of carbonyl (C=O) groups excluding carboxylic acids is 1. The second kappa shape index (κ2) is 5.58. The van der Waals surface area contributed by atoms with Crippen LogP contribution in [0.1, 0.15) is 17.2 Å². The third-order valence-electron chi connectivity index (χ3n) is 3.41. The standard InChI is InChI=1S/C16H12BrN3O/c17-12-2-1-3-13-14(12)15(16(21)20-13)19-11-6-4-10(5-7-11)8-9-18/h1-7,15,19H,8H2,(H,20,21). The summed E-state index contributed by atoms with van der Waals surface area (Å²) < 4.78 is 0.900. The minimum Gasteiger partial charge on any atom is -0.370 e. The van der Waals surface area contributed by atoms with E-state index < -0.39 is 6.04 Å². The van der Waals surface area contributed by atoms with E-state index in [1.54, 1.807) is 0 Å². The fourth-order valence-electron chi connectivity index (χ4n) is 2.39. The molecule has 1 amide bonds. The highest BCUT2D eigenvalue weighted by Crippen LogP contribution is 2.38. The van der Waals surface area contributed by atoms with Crippen LogP contribution in [0.25, 0.3) is 0 Å². The van der Waals surface area contributed by atoms with Crippen LogP contribution in [0.2, 0.25) is 0 Å². The SMILES string of the molecule is N#CCc1ccc(NC2C(=O)Nc3cccc(Br)c32)cc1. The summed E-state index contributed by atoms with van der Waals surface area (Å²) in [7, 11) is 0. The highest BCUT2D eigenvalue weighted by molar-refractivity contribution is 9.10. The predicted molar refractivity (Wildman–Crippen MR) is 84.9 cm³/mol. The fourth-order valence-corrected chi connectivity index (χ4v) is 2.99. The molecule has 0 spiro atoms. The van der Waals surface area contributed by atoms with Gasteiger partial charge in [-0.3, -0.25) is 4.79 Å². The van der Waals surface area contributed by atoms with Gasteiger partial charge in [-0.25, -0.2) is 0 Å². The molecular formula is C16H12BrN3O. The molecule has 0 radical (unpaired) electrons. The smallest absolute Gasteiger partial charge is 0.251 e. The average Bonchev–Trinajstić information content (AvgIpc) is 2.79. The molecule has 2 aromatic carbocycles. The van der Waals surface area contributed by atoms with E-state index in [-0.39, 0.29) is 5.91 Å². The molecule has 1 aliphatic heterocycles. The molecule has 1 aliphatic rings. The van der Waals surface area contributed by atoms with Gasteiger partial charge in [0.15, 0.2) is 0 Å². The Morgan fingerprint density at radius 1 is 1.24 bits per heavy atom. The molecule has 1 heterocycles. The Balaban J connectivity index is 1.86. The van der Waals surface area contributed by atoms with Crippen LogP contribution in [0, 0.1) is 11.3 Å². The molecule has 5 heteroatoms. The van der Waals surface area contributed by atoms with Gasteiger partial charge in [0.05, 0.1) is 12.5 Å². The third-order valence-corrected chi connectivity index (χ3v) is 4.10. The van der Waals surface area contributed by atoms with Gasteiger partial charge >= 0.3 is 0 Å². The second-order valence-electron chi connectivity index (χ2n) is 4.80. The van der Waals surface area contributed by atoms with Gasteiger partial charge in [0.1, 0.15) is 6.04 Å². The number of carbonyl (C=O) groups is 1. The van der Waals surface area contributed by atoms with Gasteiger partial charge in [-0.15, -0.1) is 0 Å². The largest absolute Gasteiger partial charge is 0.370 e. The van der Waals surface area contributed by atoms with E-state index in [1.807, 2.05) is 42.5 Å². The lowest BCUT2D eigenvalue weighted by atomic mass is 10.1. The molecule has 1 atom stereocenters. The van der Waals surface area contributed by atoms with E-state index in [4.69, 9.17) is 5.26 Å². The summed E-state index contributed by atoms with van der Waals surface area (Å²) in [5.74, 6) is -0.0713. The molecular weight excluding hydrogens is 330 g/mol. The lowest BCUT2D eigenvalue weighted by Crippen LogP contribution is -2.19. The topological polar surface area (TPSA) is 64.9 Å². The highest BCUT2D eigenvalue weighted by atomic mass is 79.9. The third kappa shape index (κ3) is 2.63. The van der Waals surface area contributed by atoms with Crippen LogP contribution in [0.4, 0.5) is 11.4 Å². The van der Waals surface area contributed by atoms with Crippen molar-refractivity contribution in [3.63, 3.8) is 0 Å². The zero-order valence-corrected chi connectivity index (χ0v) is 12.6. The Kier molecular flexibility index (Phi) is 3.63. The molecule has 0 fully saturated rings. The molecule has 2 aromatic rings. The van der Waals surface area contributed by atoms with Crippen LogP contribution < -0.4 is 10.6 Å². The lowest BCUT2D eigenvalue weighted by Gasteiger charge is -2.14. The number of hydrogen-bond donors (Lipinski definition) is 2. The minimum atomic E-state index is -0.419. The number of amides is 1. The second-order valence-corrected chi connectivity index (χ2v) is 5.65. The molecule has 0 bridgehead atoms. The summed E-state index contributed by atoms with van der Waals surface area (Å²) >= 11 is 3.49. The predicted octanol–water partition coefficient (Wildman–Crippen LogP) is 3.62. The number of benzene rings is 2. The molecule has 3 rings (SSSR count). The van der Waals surface area contributed by atoms with Gasteiger partial charge in [0.25, 0.3) is 5.91 Å². The maximum absolute atomic E-state index is 12.1. The molecule has 2 N–H and O–H groups in total. The van der Waals surface area contributed by atoms with Crippen molar-refractivity contribution in [1.82, 2.24) is 0 Å².